The van der Waals surface area contributed by atoms with Crippen LogP contribution in [0.5, 0.6) is 11.5 Å². The minimum atomic E-state index is -4.19. The minimum Gasteiger partial charge on any atom is -0.455 e. The molecule has 0 radical (unpaired) electrons. The van der Waals surface area contributed by atoms with Crippen molar-refractivity contribution in [1.29, 1.82) is 0 Å². The van der Waals surface area contributed by atoms with E-state index in [0.717, 1.165) is 18.4 Å². The van der Waals surface area contributed by atoms with Crippen LogP contribution in [0.1, 0.15) is 23.4 Å². The standard InChI is InChI=1S/C15H11ClF3NO4S/c1-25(22,23)10-3-2-9(24-8-4-7(16)5-20-6-8)11-12(10)14(21)15(18,19)13(11)17/h2-6,13-14,21H,1H3/t13-,14-/m0/s1. The molecule has 3 rings (SSSR count). The number of alkyl halides is 3. The molecule has 0 saturated carbocycles. The molecule has 1 aromatic heterocycles. The number of pyridine rings is 1. The molecule has 25 heavy (non-hydrogen) atoms. The first kappa shape index (κ1) is 18.0. The van der Waals surface area contributed by atoms with Gasteiger partial charge in [0.25, 0.3) is 0 Å². The van der Waals surface area contributed by atoms with Gasteiger partial charge in [0.2, 0.25) is 0 Å². The molecule has 2 aromatic rings. The topological polar surface area (TPSA) is 76.5 Å². The molecule has 0 saturated heterocycles. The van der Waals surface area contributed by atoms with E-state index in [1.165, 1.54) is 18.5 Å². The van der Waals surface area contributed by atoms with Crippen molar-refractivity contribution < 1.29 is 31.4 Å². The van der Waals surface area contributed by atoms with Crippen LogP contribution in [-0.4, -0.2) is 30.7 Å². The molecule has 0 fully saturated rings. The fourth-order valence-corrected chi connectivity index (χ4v) is 3.75. The van der Waals surface area contributed by atoms with Gasteiger partial charge in [0, 0.05) is 29.6 Å². The molecule has 0 amide bonds. The van der Waals surface area contributed by atoms with Crippen molar-refractivity contribution in [2.75, 3.05) is 6.26 Å². The number of benzene rings is 1. The van der Waals surface area contributed by atoms with Crippen LogP contribution in [0, 0.1) is 0 Å². The first-order valence-electron chi connectivity index (χ1n) is 6.88. The average molecular weight is 394 g/mol. The van der Waals surface area contributed by atoms with Crippen molar-refractivity contribution in [3.8, 4) is 11.5 Å². The minimum absolute atomic E-state index is 0.0405. The van der Waals surface area contributed by atoms with Crippen LogP contribution in [0.4, 0.5) is 13.2 Å². The number of fused-ring (bicyclic) bond motifs is 1. The molecule has 1 N–H and O–H groups in total. The number of hydrogen-bond donors (Lipinski definition) is 1. The fraction of sp³-hybridized carbons (Fsp3) is 0.267. The summed E-state index contributed by atoms with van der Waals surface area (Å²) in [5, 5.41) is 10.0. The van der Waals surface area contributed by atoms with Crippen molar-refractivity contribution in [2.45, 2.75) is 23.1 Å². The average Bonchev–Trinajstić information content (AvgIpc) is 2.68. The van der Waals surface area contributed by atoms with Gasteiger partial charge in [-0.1, -0.05) is 11.6 Å². The summed E-state index contributed by atoms with van der Waals surface area (Å²) in [6, 6.07) is 3.36. The Morgan fingerprint density at radius 3 is 2.56 bits per heavy atom. The Labute approximate surface area is 145 Å². The lowest BCUT2D eigenvalue weighted by Gasteiger charge is -2.16. The van der Waals surface area contributed by atoms with Gasteiger partial charge < -0.3 is 9.84 Å². The number of aliphatic hydroxyl groups is 1. The summed E-state index contributed by atoms with van der Waals surface area (Å²) < 4.78 is 71.3. The molecule has 10 heteroatoms. The monoisotopic (exact) mass is 393 g/mol. The molecular formula is C15H11ClF3NO4S. The number of aliphatic hydroxyl groups excluding tert-OH is 1. The predicted molar refractivity (Wildman–Crippen MR) is 82.6 cm³/mol. The molecule has 0 spiro atoms. The molecule has 2 atom stereocenters. The highest BCUT2D eigenvalue weighted by Crippen LogP contribution is 2.57. The molecule has 0 unspecified atom stereocenters. The molecule has 1 aliphatic rings. The number of hydrogen-bond acceptors (Lipinski definition) is 5. The Morgan fingerprint density at radius 2 is 1.96 bits per heavy atom. The van der Waals surface area contributed by atoms with Crippen LogP contribution in [0.3, 0.4) is 0 Å². The normalized spacial score (nSPS) is 21.8. The lowest BCUT2D eigenvalue weighted by Crippen LogP contribution is -2.24. The SMILES string of the molecule is CS(=O)(=O)c1ccc(Oc2cncc(Cl)c2)c2c1[C@H](O)C(F)(F)[C@H]2F. The molecule has 0 bridgehead atoms. The van der Waals surface area contributed by atoms with E-state index in [9.17, 15) is 26.7 Å². The zero-order valence-corrected chi connectivity index (χ0v) is 14.2. The maximum atomic E-state index is 14.3. The highest BCUT2D eigenvalue weighted by atomic mass is 35.5. The van der Waals surface area contributed by atoms with Crippen LogP contribution < -0.4 is 4.74 Å². The second kappa shape index (κ2) is 5.86. The van der Waals surface area contributed by atoms with Gasteiger partial charge in [0.1, 0.15) is 17.6 Å². The molecular weight excluding hydrogens is 383 g/mol. The fourth-order valence-electron chi connectivity index (χ4n) is 2.65. The van der Waals surface area contributed by atoms with Crippen LogP contribution in [0.15, 0.2) is 35.5 Å². The smallest absolute Gasteiger partial charge is 0.312 e. The number of sulfone groups is 1. The summed E-state index contributed by atoms with van der Waals surface area (Å²) in [5.74, 6) is -4.50. The molecule has 1 heterocycles. The van der Waals surface area contributed by atoms with Crippen LogP contribution in [0.2, 0.25) is 5.02 Å². The van der Waals surface area contributed by atoms with Gasteiger partial charge in [-0.25, -0.2) is 12.8 Å². The highest BCUT2D eigenvalue weighted by molar-refractivity contribution is 7.90. The summed E-state index contributed by atoms with van der Waals surface area (Å²) >= 11 is 5.75. The van der Waals surface area contributed by atoms with Gasteiger partial charge >= 0.3 is 5.92 Å². The first-order chi connectivity index (χ1) is 11.5. The Morgan fingerprint density at radius 1 is 1.28 bits per heavy atom. The maximum absolute atomic E-state index is 14.3. The number of ether oxygens (including phenoxy) is 1. The summed E-state index contributed by atoms with van der Waals surface area (Å²) in [4.78, 5) is 3.17. The molecule has 134 valence electrons. The highest BCUT2D eigenvalue weighted by Gasteiger charge is 2.58. The first-order valence-corrected chi connectivity index (χ1v) is 9.15. The van der Waals surface area contributed by atoms with E-state index in [1.807, 2.05) is 0 Å². The lowest BCUT2D eigenvalue weighted by molar-refractivity contribution is -0.143. The zero-order valence-electron chi connectivity index (χ0n) is 12.6. The number of aromatic nitrogens is 1. The van der Waals surface area contributed by atoms with Gasteiger partial charge in [-0.2, -0.15) is 8.78 Å². The third-order valence-electron chi connectivity index (χ3n) is 3.74. The second-order valence-corrected chi connectivity index (χ2v) is 7.96. The van der Waals surface area contributed by atoms with E-state index in [2.05, 4.69) is 4.98 Å². The van der Waals surface area contributed by atoms with Crippen molar-refractivity contribution in [3.05, 3.63) is 46.7 Å². The van der Waals surface area contributed by atoms with Crippen molar-refractivity contribution in [2.24, 2.45) is 0 Å². The second-order valence-electron chi connectivity index (χ2n) is 5.54. The number of rotatable bonds is 3. The van der Waals surface area contributed by atoms with Crippen molar-refractivity contribution in [1.82, 2.24) is 4.98 Å². The molecule has 0 aliphatic heterocycles. The van der Waals surface area contributed by atoms with Gasteiger partial charge in [-0.15, -0.1) is 0 Å². The van der Waals surface area contributed by atoms with Gasteiger partial charge in [0.05, 0.1) is 16.1 Å². The van der Waals surface area contributed by atoms with Gasteiger partial charge in [-0.05, 0) is 12.1 Å². The Balaban J connectivity index is 2.21. The van der Waals surface area contributed by atoms with Crippen LogP contribution in [0.25, 0.3) is 0 Å². The molecule has 5 nitrogen and oxygen atoms in total. The molecule has 1 aliphatic carbocycles. The van der Waals surface area contributed by atoms with E-state index < -0.39 is 44.1 Å². The lowest BCUT2D eigenvalue weighted by atomic mass is 10.1. The van der Waals surface area contributed by atoms with E-state index >= 15 is 0 Å². The molecule has 1 aromatic carbocycles. The Bertz CT molecular complexity index is 952. The van der Waals surface area contributed by atoms with E-state index in [-0.39, 0.29) is 16.5 Å². The van der Waals surface area contributed by atoms with Gasteiger partial charge in [-0.3, -0.25) is 4.98 Å². The van der Waals surface area contributed by atoms with E-state index in [4.69, 9.17) is 16.3 Å². The summed E-state index contributed by atoms with van der Waals surface area (Å²) in [6.45, 7) is 0. The third-order valence-corrected chi connectivity index (χ3v) is 5.11. The number of nitrogens with zero attached hydrogens (tertiary/aromatic N) is 1. The third kappa shape index (κ3) is 2.96. The van der Waals surface area contributed by atoms with E-state index in [1.54, 1.807) is 0 Å². The number of halogens is 4. The van der Waals surface area contributed by atoms with Crippen molar-refractivity contribution >= 4 is 21.4 Å². The quantitative estimate of drug-likeness (QED) is 0.861. The summed E-state index contributed by atoms with van der Waals surface area (Å²) in [7, 11) is -3.98. The Kier molecular flexibility index (Phi) is 4.21. The van der Waals surface area contributed by atoms with Gasteiger partial charge in [0.15, 0.2) is 16.0 Å². The predicted octanol–water partition coefficient (Wildman–Crippen LogP) is 3.62. The van der Waals surface area contributed by atoms with E-state index in [0.29, 0.717) is 0 Å². The maximum Gasteiger partial charge on any atom is 0.312 e. The summed E-state index contributed by atoms with van der Waals surface area (Å²) in [5.41, 5.74) is -1.41. The Hall–Kier alpha value is -1.84. The summed E-state index contributed by atoms with van der Waals surface area (Å²) in [6.07, 6.45) is -2.23. The zero-order chi connectivity index (χ0) is 18.6. The largest absolute Gasteiger partial charge is 0.455 e. The van der Waals surface area contributed by atoms with Crippen molar-refractivity contribution in [3.63, 3.8) is 0 Å². The van der Waals surface area contributed by atoms with Crippen LogP contribution >= 0.6 is 11.6 Å². The van der Waals surface area contributed by atoms with Crippen LogP contribution in [-0.2, 0) is 9.84 Å².